The molecule has 1 rings (SSSR count). The van der Waals surface area contributed by atoms with Crippen LogP contribution in [0.1, 0.15) is 0 Å². The van der Waals surface area contributed by atoms with Crippen molar-refractivity contribution >= 4 is 17.3 Å². The molecule has 0 fully saturated rings. The van der Waals surface area contributed by atoms with Gasteiger partial charge in [-0.2, -0.15) is 0 Å². The van der Waals surface area contributed by atoms with Crippen molar-refractivity contribution in [1.29, 1.82) is 0 Å². The summed E-state index contributed by atoms with van der Waals surface area (Å²) in [6.07, 6.45) is 0. The van der Waals surface area contributed by atoms with Gasteiger partial charge in [0.25, 0.3) is 0 Å². The Balaban J connectivity index is 2.81. The van der Waals surface area contributed by atoms with Gasteiger partial charge in [0.05, 0.1) is 10.7 Å². The summed E-state index contributed by atoms with van der Waals surface area (Å²) in [6.45, 7) is 4.31. The number of anilines is 1. The van der Waals surface area contributed by atoms with Crippen LogP contribution in [0.3, 0.4) is 0 Å². The fourth-order valence-electron chi connectivity index (χ4n) is 0.739. The first-order chi connectivity index (χ1) is 4.84. The van der Waals surface area contributed by atoms with Gasteiger partial charge in [0, 0.05) is 6.54 Å². The third-order valence-corrected chi connectivity index (χ3v) is 1.52. The van der Waals surface area contributed by atoms with Crippen LogP contribution in [0.25, 0.3) is 0 Å². The van der Waals surface area contributed by atoms with Crippen molar-refractivity contribution in [3.8, 4) is 0 Å². The second kappa shape index (κ2) is 3.47. The lowest BCUT2D eigenvalue weighted by atomic mass is 10.3. The van der Waals surface area contributed by atoms with E-state index in [1.807, 2.05) is 24.3 Å². The van der Waals surface area contributed by atoms with Gasteiger partial charge in [-0.05, 0) is 19.1 Å². The van der Waals surface area contributed by atoms with Crippen LogP contribution < -0.4 is 5.32 Å². The molecule has 0 aliphatic rings. The lowest BCUT2D eigenvalue weighted by Crippen LogP contribution is -1.96. The molecule has 0 spiro atoms. The van der Waals surface area contributed by atoms with E-state index in [2.05, 4.69) is 12.2 Å². The minimum atomic E-state index is 0.656. The van der Waals surface area contributed by atoms with Gasteiger partial charge in [-0.3, -0.25) is 0 Å². The van der Waals surface area contributed by atoms with E-state index in [0.29, 0.717) is 6.54 Å². The molecule has 0 atom stereocenters. The molecule has 2 heteroatoms. The highest BCUT2D eigenvalue weighted by Crippen LogP contribution is 2.19. The Labute approximate surface area is 66.0 Å². The van der Waals surface area contributed by atoms with E-state index < -0.39 is 0 Å². The number of rotatable bonds is 2. The summed E-state index contributed by atoms with van der Waals surface area (Å²) in [5.74, 6) is 0. The van der Waals surface area contributed by atoms with Crippen LogP contribution in [0.5, 0.6) is 0 Å². The van der Waals surface area contributed by atoms with Crippen LogP contribution >= 0.6 is 11.6 Å². The van der Waals surface area contributed by atoms with Crippen molar-refractivity contribution in [1.82, 2.24) is 0 Å². The summed E-state index contributed by atoms with van der Waals surface area (Å²) in [7, 11) is 0. The van der Waals surface area contributed by atoms with Crippen molar-refractivity contribution in [2.45, 2.75) is 0 Å². The Kier molecular flexibility index (Phi) is 2.57. The number of benzene rings is 1. The maximum atomic E-state index is 5.81. The van der Waals surface area contributed by atoms with Gasteiger partial charge in [-0.15, -0.1) is 0 Å². The first kappa shape index (κ1) is 7.42. The van der Waals surface area contributed by atoms with E-state index in [0.717, 1.165) is 10.7 Å². The zero-order chi connectivity index (χ0) is 7.40. The van der Waals surface area contributed by atoms with Crippen LogP contribution in [-0.4, -0.2) is 6.54 Å². The summed E-state index contributed by atoms with van der Waals surface area (Å²) >= 11 is 5.81. The normalized spacial score (nSPS) is 9.40. The highest BCUT2D eigenvalue weighted by atomic mass is 35.5. The lowest BCUT2D eigenvalue weighted by molar-refractivity contribution is 1.34. The minimum absolute atomic E-state index is 0.656. The van der Waals surface area contributed by atoms with Gasteiger partial charge in [0.15, 0.2) is 0 Å². The molecule has 0 heterocycles. The van der Waals surface area contributed by atoms with Gasteiger partial charge in [0.2, 0.25) is 0 Å². The number of hydrogen-bond acceptors (Lipinski definition) is 1. The van der Waals surface area contributed by atoms with Crippen molar-refractivity contribution in [2.24, 2.45) is 0 Å². The van der Waals surface area contributed by atoms with E-state index in [1.165, 1.54) is 0 Å². The molecule has 1 radical (unpaired) electrons. The van der Waals surface area contributed by atoms with Crippen LogP contribution in [0.2, 0.25) is 5.02 Å². The average Bonchev–Trinajstić information content (AvgIpc) is 1.94. The molecule has 0 bridgehead atoms. The third kappa shape index (κ3) is 1.64. The highest BCUT2D eigenvalue weighted by molar-refractivity contribution is 6.33. The predicted molar refractivity (Wildman–Crippen MR) is 45.3 cm³/mol. The smallest absolute Gasteiger partial charge is 0.0637 e. The Morgan fingerprint density at radius 3 is 2.70 bits per heavy atom. The first-order valence-electron chi connectivity index (χ1n) is 3.12. The van der Waals surface area contributed by atoms with Gasteiger partial charge in [-0.25, -0.2) is 0 Å². The molecular formula is C8H9ClN. The predicted octanol–water partition coefficient (Wildman–Crippen LogP) is 2.59. The largest absolute Gasteiger partial charge is 0.384 e. The molecular weight excluding hydrogens is 146 g/mol. The quantitative estimate of drug-likeness (QED) is 0.691. The standard InChI is InChI=1S/C8H9ClN/c1-2-10-8-6-4-3-5-7(8)9/h3-6,10H,1-2H2. The first-order valence-corrected chi connectivity index (χ1v) is 3.50. The van der Waals surface area contributed by atoms with Gasteiger partial charge in [0.1, 0.15) is 0 Å². The Morgan fingerprint density at radius 2 is 2.10 bits per heavy atom. The molecule has 0 saturated carbocycles. The number of halogens is 1. The minimum Gasteiger partial charge on any atom is -0.384 e. The van der Waals surface area contributed by atoms with Crippen molar-refractivity contribution in [2.75, 3.05) is 11.9 Å². The van der Waals surface area contributed by atoms with Crippen molar-refractivity contribution in [3.05, 3.63) is 36.2 Å². The summed E-state index contributed by atoms with van der Waals surface area (Å²) in [6, 6.07) is 7.60. The summed E-state index contributed by atoms with van der Waals surface area (Å²) in [5.41, 5.74) is 0.944. The second-order valence-electron chi connectivity index (χ2n) is 1.91. The molecule has 1 aromatic rings. The molecule has 1 aromatic carbocycles. The Hall–Kier alpha value is -0.690. The fraction of sp³-hybridized carbons (Fsp3) is 0.125. The van der Waals surface area contributed by atoms with Gasteiger partial charge < -0.3 is 5.32 Å². The van der Waals surface area contributed by atoms with E-state index in [4.69, 9.17) is 11.6 Å². The van der Waals surface area contributed by atoms with E-state index in [1.54, 1.807) is 0 Å². The second-order valence-corrected chi connectivity index (χ2v) is 2.31. The molecule has 0 aliphatic heterocycles. The summed E-state index contributed by atoms with van der Waals surface area (Å²) in [4.78, 5) is 0. The molecule has 1 nitrogen and oxygen atoms in total. The number of para-hydroxylation sites is 1. The van der Waals surface area contributed by atoms with Crippen molar-refractivity contribution < 1.29 is 0 Å². The summed E-state index contributed by atoms with van der Waals surface area (Å²) < 4.78 is 0. The maximum Gasteiger partial charge on any atom is 0.0637 e. The topological polar surface area (TPSA) is 12.0 Å². The molecule has 0 aromatic heterocycles. The summed E-state index contributed by atoms with van der Waals surface area (Å²) in [5, 5.41) is 3.77. The molecule has 0 amide bonds. The molecule has 10 heavy (non-hydrogen) atoms. The van der Waals surface area contributed by atoms with Gasteiger partial charge >= 0.3 is 0 Å². The van der Waals surface area contributed by atoms with Crippen molar-refractivity contribution in [3.63, 3.8) is 0 Å². The fourth-order valence-corrected chi connectivity index (χ4v) is 0.942. The number of nitrogens with one attached hydrogen (secondary N) is 1. The molecule has 53 valence electrons. The monoisotopic (exact) mass is 154 g/mol. The number of hydrogen-bond donors (Lipinski definition) is 1. The third-order valence-electron chi connectivity index (χ3n) is 1.19. The molecule has 0 saturated heterocycles. The van der Waals surface area contributed by atoms with E-state index in [9.17, 15) is 0 Å². The molecule has 0 aliphatic carbocycles. The van der Waals surface area contributed by atoms with Crippen LogP contribution in [-0.2, 0) is 0 Å². The SMILES string of the molecule is [CH2]CNc1ccccc1Cl. The van der Waals surface area contributed by atoms with Crippen LogP contribution in [0.4, 0.5) is 5.69 Å². The lowest BCUT2D eigenvalue weighted by Gasteiger charge is -2.03. The van der Waals surface area contributed by atoms with Crippen LogP contribution in [0, 0.1) is 6.92 Å². The zero-order valence-electron chi connectivity index (χ0n) is 5.60. The zero-order valence-corrected chi connectivity index (χ0v) is 6.36. The average molecular weight is 155 g/mol. The molecule has 0 unspecified atom stereocenters. The van der Waals surface area contributed by atoms with Gasteiger partial charge in [-0.1, -0.05) is 23.7 Å². The molecule has 1 N–H and O–H groups in total. The highest BCUT2D eigenvalue weighted by Gasteiger charge is 1.93. The van der Waals surface area contributed by atoms with E-state index in [-0.39, 0.29) is 0 Å². The van der Waals surface area contributed by atoms with Crippen LogP contribution in [0.15, 0.2) is 24.3 Å². The Bertz CT molecular complexity index is 210. The van der Waals surface area contributed by atoms with E-state index >= 15 is 0 Å². The Morgan fingerprint density at radius 1 is 1.40 bits per heavy atom. The maximum absolute atomic E-state index is 5.81.